The van der Waals surface area contributed by atoms with Gasteiger partial charge >= 0.3 is 0 Å². The first-order valence-corrected chi connectivity index (χ1v) is 10.3. The molecule has 0 bridgehead atoms. The zero-order valence-electron chi connectivity index (χ0n) is 18.6. The van der Waals surface area contributed by atoms with Gasteiger partial charge in [-0.1, -0.05) is 36.4 Å². The van der Waals surface area contributed by atoms with Crippen LogP contribution in [0, 0.1) is 5.41 Å². The van der Waals surface area contributed by atoms with Crippen molar-refractivity contribution in [2.24, 2.45) is 5.41 Å². The normalized spacial score (nSPS) is 25.0. The van der Waals surface area contributed by atoms with E-state index in [1.54, 1.807) is 76.5 Å². The third kappa shape index (κ3) is 2.39. The van der Waals surface area contributed by atoms with Gasteiger partial charge < -0.3 is 9.80 Å². The average molecular weight is 418 g/mol. The highest BCUT2D eigenvalue weighted by molar-refractivity contribution is 6.32. The Morgan fingerprint density at radius 3 is 1.39 bits per heavy atom. The summed E-state index contributed by atoms with van der Waals surface area (Å²) in [6.07, 6.45) is 0. The van der Waals surface area contributed by atoms with Gasteiger partial charge in [-0.25, -0.2) is 0 Å². The number of likely N-dealkylation sites (N-methyl/N-ethyl adjacent to an activating group) is 2. The van der Waals surface area contributed by atoms with Gasteiger partial charge in [0.15, 0.2) is 11.6 Å². The fraction of sp³-hybridized carbons (Fsp3) is 0.360. The highest BCUT2D eigenvalue weighted by Crippen LogP contribution is 2.49. The molecule has 6 heteroatoms. The zero-order valence-corrected chi connectivity index (χ0v) is 18.6. The van der Waals surface area contributed by atoms with Crippen LogP contribution in [0.25, 0.3) is 0 Å². The number of hydrogen-bond acceptors (Lipinski definition) is 4. The second-order valence-corrected chi connectivity index (χ2v) is 9.30. The number of hydrogen-bond donors (Lipinski definition) is 0. The molecule has 0 N–H and O–H groups in total. The summed E-state index contributed by atoms with van der Waals surface area (Å²) in [5, 5.41) is 0. The molecule has 0 saturated carbocycles. The van der Waals surface area contributed by atoms with Crippen molar-refractivity contribution in [2.75, 3.05) is 23.9 Å². The number of amides is 2. The zero-order chi connectivity index (χ0) is 22.9. The lowest BCUT2D eigenvalue weighted by molar-refractivity contribution is -0.148. The number of fused-ring (bicyclic) bond motifs is 2. The summed E-state index contributed by atoms with van der Waals surface area (Å²) in [6.45, 7) is 6.20. The van der Waals surface area contributed by atoms with Crippen LogP contribution in [0.1, 0.15) is 38.8 Å². The Balaban J connectivity index is 1.83. The molecule has 6 nitrogen and oxygen atoms in total. The van der Waals surface area contributed by atoms with E-state index in [0.717, 1.165) is 0 Å². The summed E-state index contributed by atoms with van der Waals surface area (Å²) in [5.74, 6) is -1.76. The van der Waals surface area contributed by atoms with Crippen molar-refractivity contribution in [1.82, 2.24) is 0 Å². The van der Waals surface area contributed by atoms with Gasteiger partial charge in [0.05, 0.1) is 5.41 Å². The van der Waals surface area contributed by atoms with E-state index >= 15 is 0 Å². The smallest absolute Gasteiger partial charge is 0.244 e. The van der Waals surface area contributed by atoms with Crippen LogP contribution < -0.4 is 9.80 Å². The molecule has 0 radical (unpaired) electrons. The third-order valence-corrected chi connectivity index (χ3v) is 7.12. The molecule has 2 amide bonds. The van der Waals surface area contributed by atoms with Crippen molar-refractivity contribution >= 4 is 34.8 Å². The van der Waals surface area contributed by atoms with Gasteiger partial charge in [-0.05, 0) is 51.0 Å². The highest BCUT2D eigenvalue weighted by Gasteiger charge is 2.62. The van der Waals surface area contributed by atoms with Gasteiger partial charge in [-0.3, -0.25) is 19.2 Å². The van der Waals surface area contributed by atoms with E-state index in [9.17, 15) is 19.2 Å². The largest absolute Gasteiger partial charge is 0.314 e. The fourth-order valence-electron chi connectivity index (χ4n) is 5.29. The van der Waals surface area contributed by atoms with Gasteiger partial charge in [-0.15, -0.1) is 0 Å². The van der Waals surface area contributed by atoms with Crippen LogP contribution in [0.15, 0.2) is 48.5 Å². The summed E-state index contributed by atoms with van der Waals surface area (Å²) < 4.78 is 0. The molecule has 0 unspecified atom stereocenters. The highest BCUT2D eigenvalue weighted by atomic mass is 16.2. The Morgan fingerprint density at radius 2 is 1.03 bits per heavy atom. The van der Waals surface area contributed by atoms with Crippen LogP contribution in [0.5, 0.6) is 0 Å². The van der Waals surface area contributed by atoms with Gasteiger partial charge in [0.2, 0.25) is 11.8 Å². The van der Waals surface area contributed by atoms with Gasteiger partial charge in [-0.2, -0.15) is 0 Å². The minimum absolute atomic E-state index is 0.375. The first kappa shape index (κ1) is 21.0. The quantitative estimate of drug-likeness (QED) is 0.716. The van der Waals surface area contributed by atoms with Crippen molar-refractivity contribution in [3.8, 4) is 0 Å². The first-order valence-electron chi connectivity index (χ1n) is 10.3. The number of benzene rings is 2. The number of anilines is 2. The minimum Gasteiger partial charge on any atom is -0.314 e. The van der Waals surface area contributed by atoms with Crippen molar-refractivity contribution in [3.05, 3.63) is 59.7 Å². The van der Waals surface area contributed by atoms with Crippen LogP contribution in [-0.4, -0.2) is 37.5 Å². The molecule has 0 fully saturated rings. The Morgan fingerprint density at radius 1 is 0.710 bits per heavy atom. The summed E-state index contributed by atoms with van der Waals surface area (Å²) in [6, 6.07) is 14.2. The third-order valence-electron chi connectivity index (χ3n) is 7.12. The maximum Gasteiger partial charge on any atom is 0.244 e. The van der Waals surface area contributed by atoms with Gasteiger partial charge in [0.1, 0.15) is 10.8 Å². The van der Waals surface area contributed by atoms with E-state index in [1.807, 2.05) is 0 Å². The Kier molecular flexibility index (Phi) is 4.30. The summed E-state index contributed by atoms with van der Waals surface area (Å²) in [4.78, 5) is 57.3. The Bertz CT molecular complexity index is 1080. The maximum absolute atomic E-state index is 14.0. The number of Topliss-reactive ketones (excluding diaryl/α,β-unsaturated/α-hetero) is 2. The van der Waals surface area contributed by atoms with E-state index in [2.05, 4.69) is 0 Å². The topological polar surface area (TPSA) is 74.8 Å². The number of carbonyl (C=O) groups is 4. The number of carbonyl (C=O) groups excluding carboxylic acids is 4. The second-order valence-electron chi connectivity index (χ2n) is 9.30. The number of nitrogens with zero attached hydrogens (tertiary/aromatic N) is 2. The molecule has 2 aliphatic rings. The van der Waals surface area contributed by atoms with Crippen LogP contribution in [0.2, 0.25) is 0 Å². The second kappa shape index (κ2) is 6.36. The fourth-order valence-corrected chi connectivity index (χ4v) is 5.29. The van der Waals surface area contributed by atoms with Crippen LogP contribution >= 0.6 is 0 Å². The molecular weight excluding hydrogens is 392 g/mol. The van der Waals surface area contributed by atoms with Gasteiger partial charge in [0, 0.05) is 25.5 Å². The van der Waals surface area contributed by atoms with Gasteiger partial charge in [0.25, 0.3) is 0 Å². The molecule has 2 aliphatic heterocycles. The van der Waals surface area contributed by atoms with Crippen LogP contribution in [-0.2, 0) is 30.0 Å². The molecule has 0 spiro atoms. The molecule has 0 aromatic heterocycles. The Hall–Kier alpha value is -3.28. The molecule has 0 saturated heterocycles. The molecule has 160 valence electrons. The van der Waals surface area contributed by atoms with E-state index in [4.69, 9.17) is 0 Å². The van der Waals surface area contributed by atoms with Crippen molar-refractivity contribution < 1.29 is 19.2 Å². The molecule has 0 aliphatic carbocycles. The predicted octanol–water partition coefficient (Wildman–Crippen LogP) is 3.02. The number of ketones is 2. The van der Waals surface area contributed by atoms with Crippen molar-refractivity contribution in [3.63, 3.8) is 0 Å². The van der Waals surface area contributed by atoms with E-state index in [0.29, 0.717) is 22.5 Å². The SMILES string of the molecule is CN1C(=O)[C@@](C)(C(=O)C(C)(C)C(=O)[C@]2(C)C(=O)N(C)c3ccccc32)c2ccccc21. The molecular formula is C25H26N2O4. The standard InChI is InChI=1S/C25H26N2O4/c1-23(2,19(28)24(3)15-11-7-9-13-17(15)26(5)21(24)30)20(29)25(4)16-12-8-10-14-18(16)27(6)22(25)31/h7-14H,1-6H3/t24-,25-/m1/s1. The molecule has 4 rings (SSSR count). The lowest BCUT2D eigenvalue weighted by Gasteiger charge is -2.36. The number of para-hydroxylation sites is 2. The Labute approximate surface area is 181 Å². The number of rotatable bonds is 4. The summed E-state index contributed by atoms with van der Waals surface area (Å²) in [5.41, 5.74) is -2.13. The lowest BCUT2D eigenvalue weighted by atomic mass is 9.62. The summed E-state index contributed by atoms with van der Waals surface area (Å²) >= 11 is 0. The van der Waals surface area contributed by atoms with E-state index < -0.39 is 27.8 Å². The predicted molar refractivity (Wildman–Crippen MR) is 118 cm³/mol. The first-order chi connectivity index (χ1) is 14.4. The van der Waals surface area contributed by atoms with Crippen molar-refractivity contribution in [1.29, 1.82) is 0 Å². The molecule has 2 aromatic carbocycles. The van der Waals surface area contributed by atoms with Crippen LogP contribution in [0.4, 0.5) is 11.4 Å². The average Bonchev–Trinajstić information content (AvgIpc) is 3.10. The molecule has 31 heavy (non-hydrogen) atoms. The molecule has 2 atom stereocenters. The maximum atomic E-state index is 14.0. The molecule has 2 aromatic rings. The van der Waals surface area contributed by atoms with Crippen molar-refractivity contribution in [2.45, 2.75) is 38.5 Å². The van der Waals surface area contributed by atoms with Crippen LogP contribution in [0.3, 0.4) is 0 Å². The van der Waals surface area contributed by atoms with E-state index in [-0.39, 0.29) is 11.8 Å². The monoisotopic (exact) mass is 418 g/mol. The minimum atomic E-state index is -1.58. The summed E-state index contributed by atoms with van der Waals surface area (Å²) in [7, 11) is 3.25. The van der Waals surface area contributed by atoms with E-state index in [1.165, 1.54) is 23.6 Å². The molecule has 2 heterocycles. The lowest BCUT2D eigenvalue weighted by Crippen LogP contribution is -2.56.